The first-order valence-corrected chi connectivity index (χ1v) is 17.1. The van der Waals surface area contributed by atoms with Crippen LogP contribution >= 0.6 is 0 Å². The molecular formula is C38H49NO14. The number of Topliss-reactive ketones (excluding diaryl/α,β-unsaturated/α-hetero) is 1. The largest absolute Gasteiger partial charge is 0.458 e. The van der Waals surface area contributed by atoms with Gasteiger partial charge in [0, 0.05) is 63.4 Å². The third-order valence-corrected chi connectivity index (χ3v) is 9.25. The zero-order valence-corrected chi connectivity index (χ0v) is 31.7. The number of ketones is 1. The number of aromatic nitrogens is 1. The molecule has 1 fully saturated rings. The minimum atomic E-state index is -2.60. The van der Waals surface area contributed by atoms with E-state index in [1.165, 1.54) is 64.4 Å². The zero-order valence-electron chi connectivity index (χ0n) is 31.7. The quantitative estimate of drug-likeness (QED) is 0.230. The lowest BCUT2D eigenvalue weighted by atomic mass is 9.72. The van der Waals surface area contributed by atoms with Crippen LogP contribution in [-0.4, -0.2) is 93.4 Å². The Morgan fingerprint density at radius 1 is 0.868 bits per heavy atom. The summed E-state index contributed by atoms with van der Waals surface area (Å²) in [6.45, 7) is 17.5. The smallest absolute Gasteiger partial charge is 0.340 e. The van der Waals surface area contributed by atoms with Gasteiger partial charge in [0.2, 0.25) is 0 Å². The van der Waals surface area contributed by atoms with Gasteiger partial charge in [0.05, 0.1) is 17.4 Å². The molecule has 15 nitrogen and oxygen atoms in total. The average Bonchev–Trinajstić information content (AvgIpc) is 3.26. The van der Waals surface area contributed by atoms with Crippen LogP contribution in [0.15, 0.2) is 48.8 Å². The van der Waals surface area contributed by atoms with Crippen LogP contribution in [0, 0.1) is 23.2 Å². The van der Waals surface area contributed by atoms with E-state index in [1.807, 2.05) is 0 Å². The number of carbonyl (C=O) groups is 7. The van der Waals surface area contributed by atoms with Gasteiger partial charge < -0.3 is 33.5 Å². The number of pyridine rings is 1. The third-order valence-electron chi connectivity index (χ3n) is 9.25. The van der Waals surface area contributed by atoms with Crippen LogP contribution in [0.25, 0.3) is 0 Å². The normalized spacial score (nSPS) is 31.8. The summed E-state index contributed by atoms with van der Waals surface area (Å²) in [5, 5.41) is 12.7. The topological polar surface area (TPSA) is 208 Å². The highest BCUT2D eigenvalue weighted by Crippen LogP contribution is 2.52. The molecule has 0 bridgehead atoms. The SMILES string of the molecule is C=C1[C@H](OC(=O)C(C)C)[C@@H](OC(C)=O)[C@@H](OC(C)=O)C(C)(C)/C=C/[C@H](C)C(=O)[C@@]2(O)C[C@@](C)(OC(C)=O)[C@H](OC(=O)c3cccnc3)[C@@H]2[C@H]1OC(C)=O. The number of ether oxygens (including phenoxy) is 6. The maximum absolute atomic E-state index is 14.6. The lowest BCUT2D eigenvalue weighted by molar-refractivity contribution is -0.193. The molecule has 0 radical (unpaired) electrons. The molecule has 0 amide bonds. The molecule has 0 aliphatic heterocycles. The Kier molecular flexibility index (Phi) is 13.1. The van der Waals surface area contributed by atoms with Crippen molar-refractivity contribution in [2.75, 3.05) is 0 Å². The van der Waals surface area contributed by atoms with E-state index in [1.54, 1.807) is 13.8 Å². The minimum absolute atomic E-state index is 0.0446. The number of aliphatic hydroxyl groups is 1. The Balaban J connectivity index is 2.51. The summed E-state index contributed by atoms with van der Waals surface area (Å²) in [5.74, 6) is -9.90. The van der Waals surface area contributed by atoms with Crippen molar-refractivity contribution in [1.82, 2.24) is 4.98 Å². The van der Waals surface area contributed by atoms with Crippen LogP contribution in [0.5, 0.6) is 0 Å². The number of fused-ring (bicyclic) bond motifs is 1. The van der Waals surface area contributed by atoms with Crippen molar-refractivity contribution >= 4 is 41.6 Å². The molecule has 1 heterocycles. The first-order valence-electron chi connectivity index (χ1n) is 17.1. The lowest BCUT2D eigenvalue weighted by Gasteiger charge is -2.44. The van der Waals surface area contributed by atoms with Gasteiger partial charge >= 0.3 is 35.8 Å². The number of carbonyl (C=O) groups excluding carboxylic acids is 7. The number of allylic oxidation sites excluding steroid dienone is 1. The Hall–Kier alpha value is -4.92. The monoisotopic (exact) mass is 743 g/mol. The van der Waals surface area contributed by atoms with E-state index in [2.05, 4.69) is 11.6 Å². The first-order chi connectivity index (χ1) is 24.4. The molecule has 2 aliphatic rings. The molecule has 3 rings (SSSR count). The highest BCUT2D eigenvalue weighted by atomic mass is 16.6. The van der Waals surface area contributed by atoms with E-state index >= 15 is 0 Å². The summed E-state index contributed by atoms with van der Waals surface area (Å²) in [4.78, 5) is 96.5. The molecule has 53 heavy (non-hydrogen) atoms. The van der Waals surface area contributed by atoms with Gasteiger partial charge in [-0.3, -0.25) is 33.8 Å². The second-order valence-electron chi connectivity index (χ2n) is 14.7. The fraction of sp³-hybridized carbons (Fsp3) is 0.579. The van der Waals surface area contributed by atoms with Gasteiger partial charge in [0.15, 0.2) is 30.2 Å². The maximum Gasteiger partial charge on any atom is 0.340 e. The summed E-state index contributed by atoms with van der Waals surface area (Å²) in [6, 6.07) is 2.86. The summed E-state index contributed by atoms with van der Waals surface area (Å²) in [5.41, 5.74) is -6.21. The van der Waals surface area contributed by atoms with Crippen molar-refractivity contribution in [3.8, 4) is 0 Å². The molecule has 9 atom stereocenters. The molecule has 1 saturated carbocycles. The molecule has 1 aromatic rings. The summed E-state index contributed by atoms with van der Waals surface area (Å²) < 4.78 is 35.0. The van der Waals surface area contributed by atoms with Gasteiger partial charge in [-0.1, -0.05) is 53.3 Å². The molecule has 0 spiro atoms. The van der Waals surface area contributed by atoms with E-state index in [4.69, 9.17) is 28.4 Å². The Bertz CT molecular complexity index is 1650. The van der Waals surface area contributed by atoms with E-state index in [0.29, 0.717) is 0 Å². The predicted octanol–water partition coefficient (Wildman–Crippen LogP) is 3.40. The highest BCUT2D eigenvalue weighted by Gasteiger charge is 2.69. The van der Waals surface area contributed by atoms with Crippen LogP contribution in [0.3, 0.4) is 0 Å². The van der Waals surface area contributed by atoms with Crippen LogP contribution in [0.4, 0.5) is 0 Å². The number of esters is 6. The number of rotatable bonds is 8. The van der Waals surface area contributed by atoms with Crippen LogP contribution in [-0.2, 0) is 57.2 Å². The van der Waals surface area contributed by atoms with Gasteiger partial charge in [-0.15, -0.1) is 0 Å². The molecule has 1 aromatic heterocycles. The Labute approximate surface area is 308 Å². The van der Waals surface area contributed by atoms with Gasteiger partial charge in [-0.05, 0) is 19.1 Å². The van der Waals surface area contributed by atoms with Gasteiger partial charge in [-0.25, -0.2) is 4.79 Å². The van der Waals surface area contributed by atoms with E-state index in [0.717, 1.165) is 27.7 Å². The third kappa shape index (κ3) is 9.55. The van der Waals surface area contributed by atoms with E-state index in [-0.39, 0.29) is 11.1 Å². The summed E-state index contributed by atoms with van der Waals surface area (Å²) in [6.07, 6.45) is -3.59. The van der Waals surface area contributed by atoms with Gasteiger partial charge in [-0.2, -0.15) is 0 Å². The molecular weight excluding hydrogens is 694 g/mol. The molecule has 1 N–H and O–H groups in total. The Morgan fingerprint density at radius 3 is 1.98 bits per heavy atom. The number of hydrogen-bond acceptors (Lipinski definition) is 15. The van der Waals surface area contributed by atoms with Crippen molar-refractivity contribution in [1.29, 1.82) is 0 Å². The van der Waals surface area contributed by atoms with Gasteiger partial charge in [0.25, 0.3) is 0 Å². The first kappa shape index (κ1) is 42.5. The van der Waals surface area contributed by atoms with Crippen LogP contribution in [0.2, 0.25) is 0 Å². The van der Waals surface area contributed by atoms with Crippen molar-refractivity contribution in [2.45, 2.75) is 117 Å². The number of nitrogens with zero attached hydrogens (tertiary/aromatic N) is 1. The minimum Gasteiger partial charge on any atom is -0.458 e. The molecule has 0 aromatic carbocycles. The molecule has 290 valence electrons. The standard InChI is InChI=1S/C38H49NO14/c1-19(2)34(45)51-29-21(4)28(48-22(5)40)27-32(52-35(46)26-13-12-16-39-17-26)37(11,53-25(8)43)18-38(27,47)31(44)20(3)14-15-36(9,10)33(50-24(7)42)30(29)49-23(6)41/h12-17,19-20,27-30,32-33,47H,4,18H2,1-3,5-11H3/b15-14+/t20-,27-,28-,29-,30+,32+,33+,37+,38+/m0/s1. The highest BCUT2D eigenvalue weighted by molar-refractivity contribution is 5.93. The zero-order chi connectivity index (χ0) is 40.2. The predicted molar refractivity (Wildman–Crippen MR) is 184 cm³/mol. The number of hydrogen-bond donors (Lipinski definition) is 1. The van der Waals surface area contributed by atoms with Crippen molar-refractivity contribution < 1.29 is 67.1 Å². The summed E-state index contributed by atoms with van der Waals surface area (Å²) >= 11 is 0. The van der Waals surface area contributed by atoms with E-state index < -0.39 is 113 Å². The summed E-state index contributed by atoms with van der Waals surface area (Å²) in [7, 11) is 0. The maximum atomic E-state index is 14.6. The molecule has 0 unspecified atom stereocenters. The van der Waals surface area contributed by atoms with Crippen molar-refractivity contribution in [2.24, 2.45) is 23.2 Å². The Morgan fingerprint density at radius 2 is 1.47 bits per heavy atom. The fourth-order valence-corrected chi connectivity index (χ4v) is 6.93. The van der Waals surface area contributed by atoms with Gasteiger partial charge in [0.1, 0.15) is 17.3 Å². The second kappa shape index (κ2) is 16.4. The fourth-order valence-electron chi connectivity index (χ4n) is 6.93. The van der Waals surface area contributed by atoms with Crippen LogP contribution < -0.4 is 0 Å². The lowest BCUT2D eigenvalue weighted by Crippen LogP contribution is -2.58. The van der Waals surface area contributed by atoms with Crippen molar-refractivity contribution in [3.05, 3.63) is 54.4 Å². The molecule has 2 aliphatic carbocycles. The second-order valence-corrected chi connectivity index (χ2v) is 14.7. The van der Waals surface area contributed by atoms with Crippen LogP contribution in [0.1, 0.15) is 86.0 Å². The molecule has 15 heteroatoms. The van der Waals surface area contributed by atoms with E-state index in [9.17, 15) is 38.7 Å². The van der Waals surface area contributed by atoms with Crippen molar-refractivity contribution in [3.63, 3.8) is 0 Å². The average molecular weight is 744 g/mol. The molecule has 0 saturated heterocycles.